The number of rotatable bonds is 3. The second kappa shape index (κ2) is 5.33. The quantitative estimate of drug-likeness (QED) is 0.927. The van der Waals surface area contributed by atoms with Gasteiger partial charge in [0.1, 0.15) is 0 Å². The van der Waals surface area contributed by atoms with E-state index in [1.807, 2.05) is 37.2 Å². The third kappa shape index (κ3) is 2.88. The normalized spacial score (nSPS) is 10.3. The first-order chi connectivity index (χ1) is 8.99. The molecule has 0 saturated heterocycles. The van der Waals surface area contributed by atoms with Crippen molar-refractivity contribution in [1.29, 1.82) is 0 Å². The maximum atomic E-state index is 11.3. The molecule has 98 valence electrons. The number of carbonyl (C=O) groups is 1. The number of hydrogen-bond donors (Lipinski definition) is 1. The van der Waals surface area contributed by atoms with Crippen molar-refractivity contribution in [2.45, 2.75) is 0 Å². The van der Waals surface area contributed by atoms with Crippen molar-refractivity contribution in [1.82, 2.24) is 0 Å². The van der Waals surface area contributed by atoms with Crippen LogP contribution < -0.4 is 4.90 Å². The van der Waals surface area contributed by atoms with Crippen LogP contribution in [0.2, 0.25) is 5.02 Å². The van der Waals surface area contributed by atoms with E-state index in [0.717, 1.165) is 11.3 Å². The van der Waals surface area contributed by atoms with Crippen LogP contribution in [0.25, 0.3) is 11.1 Å². The molecule has 0 unspecified atom stereocenters. The molecule has 0 radical (unpaired) electrons. The second-order valence-corrected chi connectivity index (χ2v) is 4.87. The maximum absolute atomic E-state index is 11.3. The Hall–Kier alpha value is -2.00. The Balaban J connectivity index is 2.60. The fourth-order valence-corrected chi connectivity index (χ4v) is 1.99. The maximum Gasteiger partial charge on any atom is 0.336 e. The number of halogens is 1. The molecular weight excluding hydrogens is 262 g/mol. The molecule has 2 aromatic carbocycles. The first-order valence-corrected chi connectivity index (χ1v) is 6.17. The highest BCUT2D eigenvalue weighted by atomic mass is 35.5. The summed E-state index contributed by atoms with van der Waals surface area (Å²) in [6.45, 7) is 0. The predicted molar refractivity (Wildman–Crippen MR) is 78.2 cm³/mol. The van der Waals surface area contributed by atoms with Gasteiger partial charge in [-0.15, -0.1) is 0 Å². The second-order valence-electron chi connectivity index (χ2n) is 4.44. The van der Waals surface area contributed by atoms with Gasteiger partial charge in [0.15, 0.2) is 0 Å². The Morgan fingerprint density at radius 2 is 1.74 bits per heavy atom. The molecule has 4 heteroatoms. The van der Waals surface area contributed by atoms with Gasteiger partial charge < -0.3 is 10.0 Å². The molecule has 0 heterocycles. The Morgan fingerprint density at radius 3 is 2.26 bits per heavy atom. The zero-order chi connectivity index (χ0) is 14.0. The smallest absolute Gasteiger partial charge is 0.336 e. The van der Waals surface area contributed by atoms with Crippen molar-refractivity contribution in [3.05, 3.63) is 53.1 Å². The lowest BCUT2D eigenvalue weighted by Crippen LogP contribution is -2.09. The molecule has 3 nitrogen and oxygen atoms in total. The topological polar surface area (TPSA) is 40.5 Å². The molecule has 0 amide bonds. The number of hydrogen-bond acceptors (Lipinski definition) is 2. The van der Waals surface area contributed by atoms with Crippen molar-refractivity contribution in [2.75, 3.05) is 19.0 Å². The first kappa shape index (κ1) is 13.4. The largest absolute Gasteiger partial charge is 0.478 e. The third-order valence-electron chi connectivity index (χ3n) is 2.91. The van der Waals surface area contributed by atoms with Gasteiger partial charge in [-0.1, -0.05) is 23.7 Å². The van der Waals surface area contributed by atoms with Crippen molar-refractivity contribution in [3.63, 3.8) is 0 Å². The number of aromatic carboxylic acids is 1. The Morgan fingerprint density at radius 1 is 1.11 bits per heavy atom. The van der Waals surface area contributed by atoms with Gasteiger partial charge in [0.2, 0.25) is 0 Å². The van der Waals surface area contributed by atoms with Crippen LogP contribution in [-0.4, -0.2) is 25.2 Å². The Kier molecular flexibility index (Phi) is 3.76. The van der Waals surface area contributed by atoms with Crippen molar-refractivity contribution < 1.29 is 9.90 Å². The van der Waals surface area contributed by atoms with Gasteiger partial charge in [-0.3, -0.25) is 0 Å². The summed E-state index contributed by atoms with van der Waals surface area (Å²) in [6, 6.07) is 12.4. The van der Waals surface area contributed by atoms with Crippen LogP contribution in [0.4, 0.5) is 5.69 Å². The van der Waals surface area contributed by atoms with Gasteiger partial charge >= 0.3 is 5.97 Å². The zero-order valence-electron chi connectivity index (χ0n) is 10.7. The molecule has 0 spiro atoms. The van der Waals surface area contributed by atoms with Crippen LogP contribution in [0.15, 0.2) is 42.5 Å². The molecule has 19 heavy (non-hydrogen) atoms. The van der Waals surface area contributed by atoms with Crippen LogP contribution >= 0.6 is 11.6 Å². The summed E-state index contributed by atoms with van der Waals surface area (Å²) in [6.07, 6.45) is 0. The van der Waals surface area contributed by atoms with Crippen molar-refractivity contribution in [2.24, 2.45) is 0 Å². The van der Waals surface area contributed by atoms with E-state index in [1.54, 1.807) is 24.3 Å². The number of carboxylic acids is 1. The zero-order valence-corrected chi connectivity index (χ0v) is 11.5. The fraction of sp³-hybridized carbons (Fsp3) is 0.133. The van der Waals surface area contributed by atoms with E-state index in [0.29, 0.717) is 10.6 Å². The molecule has 0 aliphatic heterocycles. The summed E-state index contributed by atoms with van der Waals surface area (Å²) in [5.74, 6) is -0.935. The summed E-state index contributed by atoms with van der Waals surface area (Å²) >= 11 is 5.86. The van der Waals surface area contributed by atoms with Gasteiger partial charge in [-0.2, -0.15) is 0 Å². The van der Waals surface area contributed by atoms with Crippen LogP contribution in [0.1, 0.15) is 10.4 Å². The van der Waals surface area contributed by atoms with Crippen molar-refractivity contribution in [3.8, 4) is 11.1 Å². The van der Waals surface area contributed by atoms with Gasteiger partial charge in [-0.05, 0) is 41.5 Å². The summed E-state index contributed by atoms with van der Waals surface area (Å²) < 4.78 is 0. The molecule has 0 aliphatic rings. The van der Waals surface area contributed by atoms with Crippen LogP contribution in [0.5, 0.6) is 0 Å². The fourth-order valence-electron chi connectivity index (χ4n) is 1.87. The van der Waals surface area contributed by atoms with E-state index in [9.17, 15) is 9.90 Å². The van der Waals surface area contributed by atoms with Crippen LogP contribution in [0.3, 0.4) is 0 Å². The molecule has 0 aromatic heterocycles. The molecule has 0 bridgehead atoms. The SMILES string of the molecule is CN(C)c1ccc(C(=O)O)c(-c2ccc(Cl)cc2)c1. The molecule has 2 aromatic rings. The molecule has 0 atom stereocenters. The molecular formula is C15H14ClNO2. The molecule has 0 saturated carbocycles. The number of benzene rings is 2. The van der Waals surface area contributed by atoms with Gasteiger partial charge in [0.05, 0.1) is 5.56 Å². The van der Waals surface area contributed by atoms with Gasteiger partial charge in [0, 0.05) is 24.8 Å². The van der Waals surface area contributed by atoms with Crippen LogP contribution in [-0.2, 0) is 0 Å². The van der Waals surface area contributed by atoms with E-state index in [2.05, 4.69) is 0 Å². The molecule has 1 N–H and O–H groups in total. The number of anilines is 1. The highest BCUT2D eigenvalue weighted by Gasteiger charge is 2.13. The monoisotopic (exact) mass is 275 g/mol. The molecule has 0 fully saturated rings. The highest BCUT2D eigenvalue weighted by molar-refractivity contribution is 6.30. The number of nitrogens with zero attached hydrogens (tertiary/aromatic N) is 1. The van der Waals surface area contributed by atoms with E-state index < -0.39 is 5.97 Å². The lowest BCUT2D eigenvalue weighted by atomic mass is 9.99. The average Bonchev–Trinajstić information content (AvgIpc) is 2.38. The minimum atomic E-state index is -0.935. The van der Waals surface area contributed by atoms with E-state index in [-0.39, 0.29) is 5.56 Å². The minimum absolute atomic E-state index is 0.285. The minimum Gasteiger partial charge on any atom is -0.478 e. The van der Waals surface area contributed by atoms with Crippen molar-refractivity contribution >= 4 is 23.3 Å². The summed E-state index contributed by atoms with van der Waals surface area (Å²) in [5.41, 5.74) is 2.77. The first-order valence-electron chi connectivity index (χ1n) is 5.79. The summed E-state index contributed by atoms with van der Waals surface area (Å²) in [4.78, 5) is 13.2. The van der Waals surface area contributed by atoms with Gasteiger partial charge in [0.25, 0.3) is 0 Å². The Labute approximate surface area is 117 Å². The molecule has 2 rings (SSSR count). The summed E-state index contributed by atoms with van der Waals surface area (Å²) in [7, 11) is 3.84. The van der Waals surface area contributed by atoms with Gasteiger partial charge in [-0.25, -0.2) is 4.79 Å². The van der Waals surface area contributed by atoms with Crippen LogP contribution in [0, 0.1) is 0 Å². The third-order valence-corrected chi connectivity index (χ3v) is 3.16. The highest BCUT2D eigenvalue weighted by Crippen LogP contribution is 2.29. The number of carboxylic acid groups (broad SMARTS) is 1. The van der Waals surface area contributed by atoms with E-state index >= 15 is 0 Å². The summed E-state index contributed by atoms with van der Waals surface area (Å²) in [5, 5.41) is 9.90. The average molecular weight is 276 g/mol. The predicted octanol–water partition coefficient (Wildman–Crippen LogP) is 3.77. The van der Waals surface area contributed by atoms with E-state index in [4.69, 9.17) is 11.6 Å². The lowest BCUT2D eigenvalue weighted by Gasteiger charge is -2.15. The van der Waals surface area contributed by atoms with E-state index in [1.165, 1.54) is 0 Å². The standard InChI is InChI=1S/C15H14ClNO2/c1-17(2)12-7-8-13(15(18)19)14(9-12)10-3-5-11(16)6-4-10/h3-9H,1-2H3,(H,18,19). The molecule has 0 aliphatic carbocycles. The lowest BCUT2D eigenvalue weighted by molar-refractivity contribution is 0.0698. The Bertz CT molecular complexity index is 606.